The maximum absolute atomic E-state index is 11.1. The van der Waals surface area contributed by atoms with Crippen molar-refractivity contribution in [2.45, 2.75) is 45.7 Å². The summed E-state index contributed by atoms with van der Waals surface area (Å²) in [7, 11) is 0. The Morgan fingerprint density at radius 1 is 1.50 bits per heavy atom. The van der Waals surface area contributed by atoms with Crippen LogP contribution >= 0.6 is 0 Å². The van der Waals surface area contributed by atoms with Gasteiger partial charge in [-0.15, -0.1) is 0 Å². The third-order valence-electron chi connectivity index (χ3n) is 3.26. The van der Waals surface area contributed by atoms with Crippen LogP contribution in [0.3, 0.4) is 0 Å². The standard InChI is InChI=1S/C14H20N2O4/c1-4-5-12(14(17)18)15-10(3)11-7-6-9(2)13(8-11)16(19)20/h6-8,10,12,15H,4-5H2,1-3H3,(H,17,18). The molecular formula is C14H20N2O4. The highest BCUT2D eigenvalue weighted by atomic mass is 16.6. The molecule has 0 aliphatic carbocycles. The lowest BCUT2D eigenvalue weighted by Crippen LogP contribution is -2.38. The number of nitro groups is 1. The smallest absolute Gasteiger partial charge is 0.320 e. The van der Waals surface area contributed by atoms with Crippen molar-refractivity contribution in [3.05, 3.63) is 39.4 Å². The summed E-state index contributed by atoms with van der Waals surface area (Å²) < 4.78 is 0. The van der Waals surface area contributed by atoms with Crippen molar-refractivity contribution in [2.75, 3.05) is 0 Å². The molecule has 0 fully saturated rings. The zero-order chi connectivity index (χ0) is 15.3. The fourth-order valence-electron chi connectivity index (χ4n) is 2.06. The number of nitrogens with one attached hydrogen (secondary N) is 1. The number of aryl methyl sites for hydroxylation is 1. The van der Waals surface area contributed by atoms with Crippen molar-refractivity contribution in [1.82, 2.24) is 5.32 Å². The number of rotatable bonds is 7. The van der Waals surface area contributed by atoms with E-state index >= 15 is 0 Å². The Morgan fingerprint density at radius 2 is 2.15 bits per heavy atom. The van der Waals surface area contributed by atoms with Crippen molar-refractivity contribution in [1.29, 1.82) is 0 Å². The summed E-state index contributed by atoms with van der Waals surface area (Å²) in [5.74, 6) is -0.902. The van der Waals surface area contributed by atoms with Crippen LogP contribution < -0.4 is 5.32 Å². The number of nitrogens with zero attached hydrogens (tertiary/aromatic N) is 1. The van der Waals surface area contributed by atoms with Gasteiger partial charge in [-0.2, -0.15) is 0 Å². The number of carboxylic acid groups (broad SMARTS) is 1. The molecule has 2 unspecified atom stereocenters. The van der Waals surface area contributed by atoms with Gasteiger partial charge >= 0.3 is 5.97 Å². The van der Waals surface area contributed by atoms with E-state index < -0.39 is 16.9 Å². The van der Waals surface area contributed by atoms with Gasteiger partial charge < -0.3 is 5.11 Å². The fraction of sp³-hybridized carbons (Fsp3) is 0.500. The Hall–Kier alpha value is -1.95. The predicted molar refractivity (Wildman–Crippen MR) is 75.7 cm³/mol. The van der Waals surface area contributed by atoms with Gasteiger partial charge in [0.1, 0.15) is 6.04 Å². The van der Waals surface area contributed by atoms with Crippen LogP contribution in [0.2, 0.25) is 0 Å². The average Bonchev–Trinajstić information content (AvgIpc) is 2.38. The monoisotopic (exact) mass is 280 g/mol. The van der Waals surface area contributed by atoms with Crippen LogP contribution in [0.1, 0.15) is 43.9 Å². The quantitative estimate of drug-likeness (QED) is 0.591. The second-order valence-corrected chi connectivity index (χ2v) is 4.87. The minimum atomic E-state index is -0.902. The van der Waals surface area contributed by atoms with Crippen molar-refractivity contribution in [2.24, 2.45) is 0 Å². The zero-order valence-electron chi connectivity index (χ0n) is 11.9. The van der Waals surface area contributed by atoms with E-state index in [-0.39, 0.29) is 11.7 Å². The van der Waals surface area contributed by atoms with E-state index in [0.29, 0.717) is 17.5 Å². The van der Waals surface area contributed by atoms with Gasteiger partial charge in [0.15, 0.2) is 0 Å². The van der Waals surface area contributed by atoms with Crippen LogP contribution in [-0.4, -0.2) is 22.0 Å². The molecular weight excluding hydrogens is 260 g/mol. The summed E-state index contributed by atoms with van der Waals surface area (Å²) in [5, 5.41) is 23.0. The van der Waals surface area contributed by atoms with Crippen molar-refractivity contribution < 1.29 is 14.8 Å². The molecule has 0 saturated carbocycles. The highest BCUT2D eigenvalue weighted by Gasteiger charge is 2.20. The molecule has 6 heteroatoms. The minimum absolute atomic E-state index is 0.0542. The van der Waals surface area contributed by atoms with E-state index in [4.69, 9.17) is 5.11 Å². The molecule has 1 rings (SSSR count). The topological polar surface area (TPSA) is 92.5 Å². The lowest BCUT2D eigenvalue weighted by atomic mass is 10.0. The SMILES string of the molecule is CCCC(NC(C)c1ccc(C)c([N+](=O)[O-])c1)C(=O)O. The molecule has 0 spiro atoms. The molecule has 1 aromatic rings. The molecule has 0 radical (unpaired) electrons. The molecule has 0 aromatic heterocycles. The summed E-state index contributed by atoms with van der Waals surface area (Å²) in [6, 6.07) is 4.06. The van der Waals surface area contributed by atoms with E-state index in [1.165, 1.54) is 6.07 Å². The molecule has 0 amide bonds. The van der Waals surface area contributed by atoms with E-state index in [0.717, 1.165) is 6.42 Å². The first-order valence-corrected chi connectivity index (χ1v) is 6.60. The van der Waals surface area contributed by atoms with Gasteiger partial charge in [-0.3, -0.25) is 20.2 Å². The maximum atomic E-state index is 11.1. The second kappa shape index (κ2) is 7.00. The summed E-state index contributed by atoms with van der Waals surface area (Å²) in [5.41, 5.74) is 1.36. The van der Waals surface area contributed by atoms with Gasteiger partial charge in [-0.25, -0.2) is 0 Å². The van der Waals surface area contributed by atoms with Gasteiger partial charge in [0, 0.05) is 17.7 Å². The second-order valence-electron chi connectivity index (χ2n) is 4.87. The lowest BCUT2D eigenvalue weighted by Gasteiger charge is -2.20. The normalized spacial score (nSPS) is 13.8. The van der Waals surface area contributed by atoms with E-state index in [9.17, 15) is 14.9 Å². The Kier molecular flexibility index (Phi) is 5.64. The highest BCUT2D eigenvalue weighted by molar-refractivity contribution is 5.73. The van der Waals surface area contributed by atoms with E-state index in [2.05, 4.69) is 5.32 Å². The van der Waals surface area contributed by atoms with E-state index in [1.807, 2.05) is 6.92 Å². The van der Waals surface area contributed by atoms with Gasteiger partial charge in [0.05, 0.1) is 4.92 Å². The highest BCUT2D eigenvalue weighted by Crippen LogP contribution is 2.23. The molecule has 20 heavy (non-hydrogen) atoms. The number of benzene rings is 1. The molecule has 110 valence electrons. The molecule has 1 aromatic carbocycles. The average molecular weight is 280 g/mol. The largest absolute Gasteiger partial charge is 0.480 e. The summed E-state index contributed by atoms with van der Waals surface area (Å²) in [4.78, 5) is 21.6. The Bertz CT molecular complexity index is 502. The van der Waals surface area contributed by atoms with Crippen LogP contribution in [-0.2, 0) is 4.79 Å². The molecule has 2 N–H and O–H groups in total. The van der Waals surface area contributed by atoms with Crippen LogP contribution in [0, 0.1) is 17.0 Å². The maximum Gasteiger partial charge on any atom is 0.320 e. The molecule has 0 bridgehead atoms. The fourth-order valence-corrected chi connectivity index (χ4v) is 2.06. The first kappa shape index (κ1) is 16.1. The molecule has 2 atom stereocenters. The Labute approximate surface area is 118 Å². The Balaban J connectivity index is 2.91. The summed E-state index contributed by atoms with van der Waals surface area (Å²) >= 11 is 0. The lowest BCUT2D eigenvalue weighted by molar-refractivity contribution is -0.385. The molecule has 6 nitrogen and oxygen atoms in total. The van der Waals surface area contributed by atoms with E-state index in [1.54, 1.807) is 26.0 Å². The number of carboxylic acids is 1. The Morgan fingerprint density at radius 3 is 2.65 bits per heavy atom. The zero-order valence-corrected chi connectivity index (χ0v) is 11.9. The first-order chi connectivity index (χ1) is 9.36. The van der Waals surface area contributed by atoms with Crippen molar-refractivity contribution >= 4 is 11.7 Å². The van der Waals surface area contributed by atoms with Gasteiger partial charge in [0.25, 0.3) is 5.69 Å². The van der Waals surface area contributed by atoms with Gasteiger partial charge in [-0.05, 0) is 25.8 Å². The summed E-state index contributed by atoms with van der Waals surface area (Å²) in [6.07, 6.45) is 1.28. The third-order valence-corrected chi connectivity index (χ3v) is 3.26. The van der Waals surface area contributed by atoms with Crippen LogP contribution in [0.25, 0.3) is 0 Å². The number of aliphatic carboxylic acids is 1. The first-order valence-electron chi connectivity index (χ1n) is 6.60. The molecule has 0 aliphatic heterocycles. The molecule has 0 aliphatic rings. The predicted octanol–water partition coefficient (Wildman–Crippen LogP) is 2.81. The van der Waals surface area contributed by atoms with Crippen molar-refractivity contribution in [3.8, 4) is 0 Å². The summed E-state index contributed by atoms with van der Waals surface area (Å²) in [6.45, 7) is 5.40. The third kappa shape index (κ3) is 4.03. The molecule has 0 saturated heterocycles. The number of hydrogen-bond donors (Lipinski definition) is 2. The molecule has 0 heterocycles. The number of carbonyl (C=O) groups is 1. The van der Waals surface area contributed by atoms with Gasteiger partial charge in [-0.1, -0.05) is 25.5 Å². The van der Waals surface area contributed by atoms with Gasteiger partial charge in [0.2, 0.25) is 0 Å². The van der Waals surface area contributed by atoms with Crippen molar-refractivity contribution in [3.63, 3.8) is 0 Å². The number of nitro benzene ring substituents is 1. The number of hydrogen-bond acceptors (Lipinski definition) is 4. The minimum Gasteiger partial charge on any atom is -0.480 e. The van der Waals surface area contributed by atoms with Crippen LogP contribution in [0.5, 0.6) is 0 Å². The van der Waals surface area contributed by atoms with Crippen LogP contribution in [0.15, 0.2) is 18.2 Å². The van der Waals surface area contributed by atoms with Crippen LogP contribution in [0.4, 0.5) is 5.69 Å².